The van der Waals surface area contributed by atoms with Crippen LogP contribution in [0, 0.1) is 0 Å². The topological polar surface area (TPSA) is 66.9 Å². The molecule has 1 aromatic carbocycles. The summed E-state index contributed by atoms with van der Waals surface area (Å²) in [6, 6.07) is 6.99. The number of hydrogen-bond donors (Lipinski definition) is 0. The predicted octanol–water partition coefficient (Wildman–Crippen LogP) is 2.88. The van der Waals surface area contributed by atoms with Gasteiger partial charge >= 0.3 is 5.97 Å². The van der Waals surface area contributed by atoms with Crippen molar-refractivity contribution in [1.29, 1.82) is 0 Å². The molecule has 2 amide bonds. The minimum absolute atomic E-state index is 0.315. The number of ether oxygens (including phenoxy) is 1. The van der Waals surface area contributed by atoms with Gasteiger partial charge in [0, 0.05) is 18.8 Å². The molecule has 0 spiro atoms. The molecule has 132 valence electrons. The highest BCUT2D eigenvalue weighted by atomic mass is 32.2. The maximum Gasteiger partial charge on any atom is 0.328 e. The van der Waals surface area contributed by atoms with Crippen molar-refractivity contribution in [3.8, 4) is 0 Å². The number of carbonyl (C=O) groups excluding carboxylic acids is 3. The summed E-state index contributed by atoms with van der Waals surface area (Å²) in [5, 5.41) is -0.456. The van der Waals surface area contributed by atoms with Crippen LogP contribution in [0.2, 0.25) is 0 Å². The lowest BCUT2D eigenvalue weighted by Gasteiger charge is -2.18. The molecule has 1 atom stereocenters. The number of thioether (sulfide) groups is 1. The molecule has 2 saturated heterocycles. The van der Waals surface area contributed by atoms with E-state index in [1.165, 1.54) is 32.6 Å². The second-order valence-electron chi connectivity index (χ2n) is 6.04. The fraction of sp³-hybridized carbons (Fsp3) is 0.389. The zero-order valence-corrected chi connectivity index (χ0v) is 15.0. The van der Waals surface area contributed by atoms with Gasteiger partial charge in [-0.1, -0.05) is 12.1 Å². The Bertz CT molecular complexity index is 723. The Morgan fingerprint density at radius 3 is 2.44 bits per heavy atom. The molecule has 2 fully saturated rings. The molecule has 1 aromatic rings. The van der Waals surface area contributed by atoms with Crippen molar-refractivity contribution in [3.05, 3.63) is 34.7 Å². The smallest absolute Gasteiger partial charge is 0.328 e. The summed E-state index contributed by atoms with van der Waals surface area (Å²) < 4.78 is 4.62. The largest absolute Gasteiger partial charge is 0.467 e. The van der Waals surface area contributed by atoms with Crippen molar-refractivity contribution in [1.82, 2.24) is 4.90 Å². The third kappa shape index (κ3) is 3.56. The zero-order valence-electron chi connectivity index (χ0n) is 14.2. The fourth-order valence-electron chi connectivity index (χ4n) is 3.00. The van der Waals surface area contributed by atoms with Crippen LogP contribution < -0.4 is 4.90 Å². The number of carbonyl (C=O) groups is 3. The quantitative estimate of drug-likeness (QED) is 0.608. The monoisotopic (exact) mass is 360 g/mol. The van der Waals surface area contributed by atoms with Gasteiger partial charge in [-0.15, -0.1) is 0 Å². The van der Waals surface area contributed by atoms with Gasteiger partial charge < -0.3 is 9.64 Å². The van der Waals surface area contributed by atoms with Gasteiger partial charge in [-0.3, -0.25) is 14.5 Å². The second kappa shape index (κ2) is 7.31. The number of methoxy groups -OCH3 is 1. The first-order chi connectivity index (χ1) is 12.0. The molecule has 0 bridgehead atoms. The van der Waals surface area contributed by atoms with Gasteiger partial charge in [0.05, 0.1) is 12.0 Å². The summed E-state index contributed by atoms with van der Waals surface area (Å²) in [6.45, 7) is 3.63. The van der Waals surface area contributed by atoms with Crippen molar-refractivity contribution in [2.75, 3.05) is 25.1 Å². The molecule has 0 saturated carbocycles. The lowest BCUT2D eigenvalue weighted by atomic mass is 10.1. The van der Waals surface area contributed by atoms with Crippen LogP contribution in [-0.2, 0) is 14.3 Å². The molecule has 2 aliphatic heterocycles. The molecule has 0 aliphatic carbocycles. The first kappa shape index (κ1) is 17.5. The molecule has 0 radical (unpaired) electrons. The van der Waals surface area contributed by atoms with E-state index in [4.69, 9.17) is 0 Å². The van der Waals surface area contributed by atoms with E-state index in [-0.39, 0.29) is 0 Å². The van der Waals surface area contributed by atoms with Crippen LogP contribution in [0.5, 0.6) is 0 Å². The fourth-order valence-corrected chi connectivity index (χ4v) is 3.91. The number of amides is 2. The van der Waals surface area contributed by atoms with Crippen molar-refractivity contribution in [2.24, 2.45) is 0 Å². The van der Waals surface area contributed by atoms with Crippen molar-refractivity contribution in [3.63, 3.8) is 0 Å². The van der Waals surface area contributed by atoms with E-state index < -0.39 is 23.2 Å². The number of benzene rings is 1. The van der Waals surface area contributed by atoms with Gasteiger partial charge in [0.2, 0.25) is 0 Å². The summed E-state index contributed by atoms with van der Waals surface area (Å²) in [6.07, 6.45) is 4.11. The van der Waals surface area contributed by atoms with Gasteiger partial charge in [0.15, 0.2) is 0 Å². The van der Waals surface area contributed by atoms with Crippen molar-refractivity contribution < 1.29 is 19.1 Å². The third-order valence-electron chi connectivity index (χ3n) is 4.42. The van der Waals surface area contributed by atoms with Crippen LogP contribution in [0.1, 0.15) is 25.3 Å². The molecule has 2 heterocycles. The average Bonchev–Trinajstić information content (AvgIpc) is 3.23. The third-order valence-corrected chi connectivity index (χ3v) is 5.30. The minimum atomic E-state index is -0.930. The first-order valence-corrected chi connectivity index (χ1v) is 9.03. The van der Waals surface area contributed by atoms with Crippen LogP contribution in [-0.4, -0.2) is 48.3 Å². The second-order valence-corrected chi connectivity index (χ2v) is 7.03. The van der Waals surface area contributed by atoms with Gasteiger partial charge in [0.25, 0.3) is 11.1 Å². The van der Waals surface area contributed by atoms with Crippen molar-refractivity contribution in [2.45, 2.75) is 25.8 Å². The molecule has 25 heavy (non-hydrogen) atoms. The Morgan fingerprint density at radius 2 is 1.84 bits per heavy atom. The zero-order chi connectivity index (χ0) is 18.0. The van der Waals surface area contributed by atoms with E-state index >= 15 is 0 Å². The molecule has 2 aliphatic rings. The summed E-state index contributed by atoms with van der Waals surface area (Å²) in [5.41, 5.74) is 2.02. The molecule has 6 nitrogen and oxygen atoms in total. The Morgan fingerprint density at radius 1 is 1.20 bits per heavy atom. The van der Waals surface area contributed by atoms with Crippen molar-refractivity contribution >= 4 is 40.6 Å². The predicted molar refractivity (Wildman–Crippen MR) is 97.2 cm³/mol. The first-order valence-electron chi connectivity index (χ1n) is 8.21. The van der Waals surface area contributed by atoms with E-state index in [9.17, 15) is 14.4 Å². The minimum Gasteiger partial charge on any atom is -0.467 e. The van der Waals surface area contributed by atoms with E-state index in [0.717, 1.165) is 35.3 Å². The summed E-state index contributed by atoms with van der Waals surface area (Å²) >= 11 is 0.843. The maximum atomic E-state index is 12.5. The van der Waals surface area contributed by atoms with Gasteiger partial charge in [-0.25, -0.2) is 4.79 Å². The van der Waals surface area contributed by atoms with E-state index in [0.29, 0.717) is 4.91 Å². The Balaban J connectivity index is 1.76. The lowest BCUT2D eigenvalue weighted by Crippen LogP contribution is -2.42. The van der Waals surface area contributed by atoms with Gasteiger partial charge in [0.1, 0.15) is 6.04 Å². The van der Waals surface area contributed by atoms with Crippen LogP contribution in [0.25, 0.3) is 6.08 Å². The summed E-state index contributed by atoms with van der Waals surface area (Å²) in [5.74, 6) is -1.07. The molecular formula is C18H20N2O4S. The number of nitrogens with zero attached hydrogens (tertiary/aromatic N) is 2. The maximum absolute atomic E-state index is 12.5. The number of hydrogen-bond acceptors (Lipinski definition) is 6. The molecule has 0 unspecified atom stereocenters. The number of imide groups is 1. The molecular weight excluding hydrogens is 340 g/mol. The molecule has 0 N–H and O–H groups in total. The average molecular weight is 360 g/mol. The number of anilines is 1. The van der Waals surface area contributed by atoms with Gasteiger partial charge in [-0.2, -0.15) is 0 Å². The van der Waals surface area contributed by atoms with E-state index in [2.05, 4.69) is 9.64 Å². The van der Waals surface area contributed by atoms with Crippen LogP contribution in [0.3, 0.4) is 0 Å². The number of rotatable bonds is 4. The van der Waals surface area contributed by atoms with Gasteiger partial charge in [-0.05, 0) is 55.3 Å². The summed E-state index contributed by atoms with van der Waals surface area (Å²) in [7, 11) is 1.23. The van der Waals surface area contributed by atoms with E-state index in [1.54, 1.807) is 6.08 Å². The Labute approximate surface area is 150 Å². The Kier molecular flexibility index (Phi) is 5.13. The molecule has 0 aromatic heterocycles. The molecule has 7 heteroatoms. The standard InChI is InChI=1S/C18H20N2O4S/c1-12(17(22)24-2)20-16(21)15(25-18(20)23)11-13-5-7-14(8-6-13)19-9-3-4-10-19/h5-8,11-12H,3-4,9-10H2,1-2H3/b15-11-/t12-/m1/s1. The van der Waals surface area contributed by atoms with E-state index in [1.807, 2.05) is 24.3 Å². The highest BCUT2D eigenvalue weighted by molar-refractivity contribution is 8.18. The number of esters is 1. The SMILES string of the molecule is COC(=O)[C@@H](C)N1C(=O)S/C(=C\c2ccc(N3CCCC3)cc2)C1=O. The van der Waals surface area contributed by atoms with Crippen LogP contribution >= 0.6 is 11.8 Å². The highest BCUT2D eigenvalue weighted by Crippen LogP contribution is 2.34. The van der Waals surface area contributed by atoms with Crippen LogP contribution in [0.4, 0.5) is 10.5 Å². The Hall–Kier alpha value is -2.28. The molecule has 3 rings (SSSR count). The normalized spacial score (nSPS) is 20.5. The summed E-state index contributed by atoms with van der Waals surface area (Å²) in [4.78, 5) is 39.8. The highest BCUT2D eigenvalue weighted by Gasteiger charge is 2.41. The lowest BCUT2D eigenvalue weighted by molar-refractivity contribution is -0.148. The van der Waals surface area contributed by atoms with Crippen LogP contribution in [0.15, 0.2) is 29.2 Å².